The molecule has 0 saturated carbocycles. The van der Waals surface area contributed by atoms with Crippen LogP contribution in [0, 0.1) is 11.8 Å². The van der Waals surface area contributed by atoms with Crippen LogP contribution in [0.25, 0.3) is 0 Å². The zero-order valence-corrected chi connectivity index (χ0v) is 9.69. The van der Waals surface area contributed by atoms with Crippen molar-refractivity contribution in [3.8, 4) is 0 Å². The van der Waals surface area contributed by atoms with E-state index in [0.717, 1.165) is 0 Å². The molecule has 0 aromatic rings. The van der Waals surface area contributed by atoms with E-state index in [1.54, 1.807) is 13.8 Å². The molecular formula is C10H20N2O4. The number of carbonyl (C=O) groups is 2. The molecule has 0 aliphatic rings. The maximum atomic E-state index is 11.2. The molecule has 0 rings (SSSR count). The highest BCUT2D eigenvalue weighted by Crippen LogP contribution is 1.92. The average molecular weight is 232 g/mol. The summed E-state index contributed by atoms with van der Waals surface area (Å²) in [5.74, 6) is -1.36. The second-order valence-electron chi connectivity index (χ2n) is 3.75. The first-order chi connectivity index (χ1) is 7.52. The summed E-state index contributed by atoms with van der Waals surface area (Å²) in [5.41, 5.74) is 0. The van der Waals surface area contributed by atoms with Crippen molar-refractivity contribution in [3.05, 3.63) is 0 Å². The molecule has 6 nitrogen and oxygen atoms in total. The van der Waals surface area contributed by atoms with Crippen molar-refractivity contribution in [1.29, 1.82) is 0 Å². The number of aliphatic hydroxyl groups is 2. The summed E-state index contributed by atoms with van der Waals surface area (Å²) < 4.78 is 0. The first-order valence-corrected chi connectivity index (χ1v) is 5.30. The Hall–Kier alpha value is -1.14. The molecule has 16 heavy (non-hydrogen) atoms. The van der Waals surface area contributed by atoms with Gasteiger partial charge in [-0.05, 0) is 0 Å². The van der Waals surface area contributed by atoms with Gasteiger partial charge < -0.3 is 20.8 Å². The minimum absolute atomic E-state index is 0.195. The lowest BCUT2D eigenvalue weighted by Gasteiger charge is -2.11. The third-order valence-electron chi connectivity index (χ3n) is 2.17. The van der Waals surface area contributed by atoms with Gasteiger partial charge in [-0.15, -0.1) is 0 Å². The van der Waals surface area contributed by atoms with Gasteiger partial charge in [0, 0.05) is 13.1 Å². The lowest BCUT2D eigenvalue weighted by Crippen LogP contribution is -2.39. The van der Waals surface area contributed by atoms with Crippen molar-refractivity contribution in [1.82, 2.24) is 10.6 Å². The van der Waals surface area contributed by atoms with Gasteiger partial charge in [-0.1, -0.05) is 13.8 Å². The number of nitrogens with one attached hydrogen (secondary N) is 2. The maximum absolute atomic E-state index is 11.2. The van der Waals surface area contributed by atoms with Gasteiger partial charge in [0.2, 0.25) is 11.8 Å². The Bertz CT molecular complexity index is 209. The van der Waals surface area contributed by atoms with Gasteiger partial charge in [0.25, 0.3) is 0 Å². The molecule has 2 unspecified atom stereocenters. The fourth-order valence-corrected chi connectivity index (χ4v) is 0.886. The summed E-state index contributed by atoms with van der Waals surface area (Å²) in [6.45, 7) is 3.46. The van der Waals surface area contributed by atoms with E-state index in [-0.39, 0.29) is 25.0 Å². The number of hydrogen-bond acceptors (Lipinski definition) is 4. The minimum atomic E-state index is -0.438. The standard InChI is InChI=1S/C10H20N2O4/c1-7(5-13)9(15)11-3-4-12-10(16)8(2)6-14/h7-8,13-14H,3-6H2,1-2H3,(H,11,15)(H,12,16). The van der Waals surface area contributed by atoms with Crippen LogP contribution in [0.1, 0.15) is 13.8 Å². The van der Waals surface area contributed by atoms with Crippen molar-refractivity contribution in [2.45, 2.75) is 13.8 Å². The van der Waals surface area contributed by atoms with Crippen molar-refractivity contribution < 1.29 is 19.8 Å². The highest BCUT2D eigenvalue weighted by Gasteiger charge is 2.12. The number of hydrogen-bond donors (Lipinski definition) is 4. The normalized spacial score (nSPS) is 14.0. The quantitative estimate of drug-likeness (QED) is 0.400. The van der Waals surface area contributed by atoms with Crippen molar-refractivity contribution in [2.24, 2.45) is 11.8 Å². The molecule has 0 aromatic carbocycles. The van der Waals surface area contributed by atoms with E-state index < -0.39 is 11.8 Å². The Morgan fingerprint density at radius 3 is 1.50 bits per heavy atom. The van der Waals surface area contributed by atoms with E-state index in [1.807, 2.05) is 0 Å². The Labute approximate surface area is 95.0 Å². The molecule has 4 N–H and O–H groups in total. The predicted octanol–water partition coefficient (Wildman–Crippen LogP) is -1.52. The number of rotatable bonds is 7. The summed E-state index contributed by atoms with van der Waals surface area (Å²) in [5, 5.41) is 22.5. The van der Waals surface area contributed by atoms with Crippen molar-refractivity contribution >= 4 is 11.8 Å². The van der Waals surface area contributed by atoms with E-state index in [0.29, 0.717) is 13.1 Å². The molecule has 0 radical (unpaired) electrons. The van der Waals surface area contributed by atoms with E-state index in [4.69, 9.17) is 10.2 Å². The minimum Gasteiger partial charge on any atom is -0.396 e. The second-order valence-corrected chi connectivity index (χ2v) is 3.75. The maximum Gasteiger partial charge on any atom is 0.225 e. The summed E-state index contributed by atoms with van der Waals surface area (Å²) in [6, 6.07) is 0. The predicted molar refractivity (Wildman–Crippen MR) is 58.5 cm³/mol. The summed E-state index contributed by atoms with van der Waals surface area (Å²) in [6.07, 6.45) is 0. The van der Waals surface area contributed by atoms with E-state index in [1.165, 1.54) is 0 Å². The Balaban J connectivity index is 3.61. The molecule has 6 heteroatoms. The van der Waals surface area contributed by atoms with Crippen LogP contribution in [0.2, 0.25) is 0 Å². The molecule has 0 aromatic heterocycles. The van der Waals surface area contributed by atoms with Crippen LogP contribution in [-0.2, 0) is 9.59 Å². The van der Waals surface area contributed by atoms with Gasteiger partial charge in [-0.3, -0.25) is 9.59 Å². The summed E-state index contributed by atoms with van der Waals surface area (Å²) in [7, 11) is 0. The van der Waals surface area contributed by atoms with Crippen LogP contribution in [0.15, 0.2) is 0 Å². The van der Waals surface area contributed by atoms with Gasteiger partial charge >= 0.3 is 0 Å². The summed E-state index contributed by atoms with van der Waals surface area (Å²) in [4.78, 5) is 22.4. The highest BCUT2D eigenvalue weighted by molar-refractivity contribution is 5.79. The van der Waals surface area contributed by atoms with Crippen LogP contribution in [-0.4, -0.2) is 48.3 Å². The van der Waals surface area contributed by atoms with Crippen molar-refractivity contribution in [2.75, 3.05) is 26.3 Å². The Kier molecular flexibility index (Phi) is 7.49. The van der Waals surface area contributed by atoms with Gasteiger partial charge in [0.15, 0.2) is 0 Å². The highest BCUT2D eigenvalue weighted by atomic mass is 16.3. The third-order valence-corrected chi connectivity index (χ3v) is 2.17. The van der Waals surface area contributed by atoms with E-state index in [2.05, 4.69) is 10.6 Å². The molecule has 2 atom stereocenters. The zero-order chi connectivity index (χ0) is 12.6. The van der Waals surface area contributed by atoms with Gasteiger partial charge in [-0.25, -0.2) is 0 Å². The van der Waals surface area contributed by atoms with Crippen LogP contribution < -0.4 is 10.6 Å². The SMILES string of the molecule is CC(CO)C(=O)NCCNC(=O)C(C)CO. The fraction of sp³-hybridized carbons (Fsp3) is 0.800. The second kappa shape index (κ2) is 8.06. The molecule has 0 aliphatic heterocycles. The van der Waals surface area contributed by atoms with Crippen LogP contribution in [0.3, 0.4) is 0 Å². The third kappa shape index (κ3) is 5.67. The van der Waals surface area contributed by atoms with Gasteiger partial charge in [0.1, 0.15) is 0 Å². The molecule has 0 bridgehead atoms. The van der Waals surface area contributed by atoms with Gasteiger partial charge in [-0.2, -0.15) is 0 Å². The molecule has 0 heterocycles. The van der Waals surface area contributed by atoms with Crippen LogP contribution in [0.4, 0.5) is 0 Å². The first kappa shape index (κ1) is 14.9. The molecule has 0 spiro atoms. The molecule has 2 amide bonds. The first-order valence-electron chi connectivity index (χ1n) is 5.30. The number of amides is 2. The van der Waals surface area contributed by atoms with E-state index >= 15 is 0 Å². The Morgan fingerprint density at radius 2 is 1.25 bits per heavy atom. The van der Waals surface area contributed by atoms with Crippen LogP contribution in [0.5, 0.6) is 0 Å². The summed E-state index contributed by atoms with van der Waals surface area (Å²) >= 11 is 0. The topological polar surface area (TPSA) is 98.7 Å². The molecule has 94 valence electrons. The van der Waals surface area contributed by atoms with Crippen LogP contribution >= 0.6 is 0 Å². The monoisotopic (exact) mass is 232 g/mol. The lowest BCUT2D eigenvalue weighted by molar-refractivity contribution is -0.127. The van der Waals surface area contributed by atoms with Crippen molar-refractivity contribution in [3.63, 3.8) is 0 Å². The fourth-order valence-electron chi connectivity index (χ4n) is 0.886. The van der Waals surface area contributed by atoms with E-state index in [9.17, 15) is 9.59 Å². The number of aliphatic hydroxyl groups excluding tert-OH is 2. The molecule has 0 fully saturated rings. The smallest absolute Gasteiger partial charge is 0.225 e. The zero-order valence-electron chi connectivity index (χ0n) is 9.69. The Morgan fingerprint density at radius 1 is 0.938 bits per heavy atom. The largest absolute Gasteiger partial charge is 0.396 e. The van der Waals surface area contributed by atoms with Gasteiger partial charge in [0.05, 0.1) is 25.0 Å². The average Bonchev–Trinajstić information content (AvgIpc) is 2.31. The molecular weight excluding hydrogens is 212 g/mol. The number of carbonyl (C=O) groups excluding carboxylic acids is 2. The molecule has 0 aliphatic carbocycles. The molecule has 0 saturated heterocycles. The lowest BCUT2D eigenvalue weighted by atomic mass is 10.2.